The molecule has 0 aliphatic carbocycles. The van der Waals surface area contributed by atoms with Gasteiger partial charge >= 0.3 is 0 Å². The summed E-state index contributed by atoms with van der Waals surface area (Å²) in [6.45, 7) is 9.19. The predicted molar refractivity (Wildman–Crippen MR) is 66.7 cm³/mol. The first kappa shape index (κ1) is 12.3. The molecule has 0 bridgehead atoms. The molecule has 2 aliphatic heterocycles. The molecular formula is C13H26N2O. The van der Waals surface area contributed by atoms with E-state index in [1.807, 2.05) is 0 Å². The van der Waals surface area contributed by atoms with E-state index in [1.54, 1.807) is 0 Å². The standard InChI is InChI=1S/C13H26N2O/c1-2-15-7-3-13(4-8-15)14-11-12-5-9-16-10-6-12/h12-14H,2-11H2,1H3. The fourth-order valence-corrected chi connectivity index (χ4v) is 2.74. The molecule has 0 radical (unpaired) electrons. The summed E-state index contributed by atoms with van der Waals surface area (Å²) < 4.78 is 5.39. The molecule has 1 N–H and O–H groups in total. The Morgan fingerprint density at radius 1 is 1.12 bits per heavy atom. The number of nitrogens with zero attached hydrogens (tertiary/aromatic N) is 1. The van der Waals surface area contributed by atoms with Crippen LogP contribution in [0.5, 0.6) is 0 Å². The highest BCUT2D eigenvalue weighted by Crippen LogP contribution is 2.15. The van der Waals surface area contributed by atoms with Crippen molar-refractivity contribution in [1.82, 2.24) is 10.2 Å². The topological polar surface area (TPSA) is 24.5 Å². The zero-order valence-corrected chi connectivity index (χ0v) is 10.6. The summed E-state index contributed by atoms with van der Waals surface area (Å²) in [6.07, 6.45) is 5.16. The summed E-state index contributed by atoms with van der Waals surface area (Å²) in [5.74, 6) is 0.859. The molecule has 2 aliphatic rings. The minimum atomic E-state index is 0.769. The van der Waals surface area contributed by atoms with E-state index in [0.717, 1.165) is 25.2 Å². The van der Waals surface area contributed by atoms with Gasteiger partial charge in [0.2, 0.25) is 0 Å². The highest BCUT2D eigenvalue weighted by Gasteiger charge is 2.19. The number of hydrogen-bond donors (Lipinski definition) is 1. The molecule has 0 unspecified atom stereocenters. The Bertz CT molecular complexity index is 184. The minimum Gasteiger partial charge on any atom is -0.381 e. The summed E-state index contributed by atoms with van der Waals surface area (Å²) in [4.78, 5) is 2.55. The van der Waals surface area contributed by atoms with Gasteiger partial charge in [-0.3, -0.25) is 0 Å². The average molecular weight is 226 g/mol. The van der Waals surface area contributed by atoms with Crippen molar-refractivity contribution in [1.29, 1.82) is 0 Å². The summed E-state index contributed by atoms with van der Waals surface area (Å²) in [5, 5.41) is 3.75. The number of ether oxygens (including phenoxy) is 1. The van der Waals surface area contributed by atoms with Crippen molar-refractivity contribution in [2.24, 2.45) is 5.92 Å². The van der Waals surface area contributed by atoms with Crippen LogP contribution in [0.25, 0.3) is 0 Å². The van der Waals surface area contributed by atoms with Gasteiger partial charge in [0.25, 0.3) is 0 Å². The number of rotatable bonds is 4. The van der Waals surface area contributed by atoms with Crippen LogP contribution < -0.4 is 5.32 Å². The molecular weight excluding hydrogens is 200 g/mol. The van der Waals surface area contributed by atoms with Crippen molar-refractivity contribution in [3.8, 4) is 0 Å². The van der Waals surface area contributed by atoms with E-state index >= 15 is 0 Å². The zero-order chi connectivity index (χ0) is 11.2. The molecule has 2 saturated heterocycles. The molecule has 2 rings (SSSR count). The molecule has 0 spiro atoms. The summed E-state index contributed by atoms with van der Waals surface area (Å²) in [6, 6.07) is 0.769. The third-order valence-corrected chi connectivity index (χ3v) is 4.07. The normalized spacial score (nSPS) is 26.1. The van der Waals surface area contributed by atoms with Gasteiger partial charge < -0.3 is 15.0 Å². The second-order valence-electron chi connectivity index (χ2n) is 5.17. The van der Waals surface area contributed by atoms with Crippen LogP contribution in [-0.4, -0.2) is 50.3 Å². The maximum atomic E-state index is 5.39. The van der Waals surface area contributed by atoms with Gasteiger partial charge in [0.1, 0.15) is 0 Å². The summed E-state index contributed by atoms with van der Waals surface area (Å²) in [7, 11) is 0. The largest absolute Gasteiger partial charge is 0.381 e. The first-order valence-corrected chi connectivity index (χ1v) is 6.92. The highest BCUT2D eigenvalue weighted by molar-refractivity contribution is 4.78. The van der Waals surface area contributed by atoms with E-state index in [2.05, 4.69) is 17.1 Å². The first-order chi connectivity index (χ1) is 7.88. The van der Waals surface area contributed by atoms with E-state index < -0.39 is 0 Å². The Morgan fingerprint density at radius 3 is 2.44 bits per heavy atom. The lowest BCUT2D eigenvalue weighted by molar-refractivity contribution is 0.0643. The Balaban J connectivity index is 1.59. The molecule has 0 aromatic heterocycles. The SMILES string of the molecule is CCN1CCC(NCC2CCOCC2)CC1. The highest BCUT2D eigenvalue weighted by atomic mass is 16.5. The van der Waals surface area contributed by atoms with Crippen LogP contribution in [-0.2, 0) is 4.74 Å². The number of piperidine rings is 1. The van der Waals surface area contributed by atoms with Gasteiger partial charge in [-0.25, -0.2) is 0 Å². The van der Waals surface area contributed by atoms with E-state index in [1.165, 1.54) is 51.9 Å². The van der Waals surface area contributed by atoms with Gasteiger partial charge in [0, 0.05) is 19.3 Å². The lowest BCUT2D eigenvalue weighted by atomic mass is 9.98. The van der Waals surface area contributed by atoms with Crippen molar-refractivity contribution in [3.63, 3.8) is 0 Å². The van der Waals surface area contributed by atoms with Gasteiger partial charge in [-0.15, -0.1) is 0 Å². The lowest BCUT2D eigenvalue weighted by Crippen LogP contribution is -2.44. The van der Waals surface area contributed by atoms with E-state index in [0.29, 0.717) is 0 Å². The van der Waals surface area contributed by atoms with Crippen LogP contribution in [0.2, 0.25) is 0 Å². The molecule has 3 heteroatoms. The molecule has 3 nitrogen and oxygen atoms in total. The summed E-state index contributed by atoms with van der Waals surface area (Å²) >= 11 is 0. The first-order valence-electron chi connectivity index (χ1n) is 6.92. The number of hydrogen-bond acceptors (Lipinski definition) is 3. The van der Waals surface area contributed by atoms with Crippen LogP contribution in [0.1, 0.15) is 32.6 Å². The van der Waals surface area contributed by atoms with E-state index in [4.69, 9.17) is 4.74 Å². The van der Waals surface area contributed by atoms with Gasteiger partial charge in [-0.1, -0.05) is 6.92 Å². The van der Waals surface area contributed by atoms with Gasteiger partial charge in [0.05, 0.1) is 0 Å². The van der Waals surface area contributed by atoms with Crippen LogP contribution in [0.3, 0.4) is 0 Å². The lowest BCUT2D eigenvalue weighted by Gasteiger charge is -2.33. The average Bonchev–Trinajstić information content (AvgIpc) is 2.38. The van der Waals surface area contributed by atoms with Crippen LogP contribution >= 0.6 is 0 Å². The Kier molecular flexibility index (Phi) is 5.07. The molecule has 0 amide bonds. The van der Waals surface area contributed by atoms with E-state index in [-0.39, 0.29) is 0 Å². The van der Waals surface area contributed by atoms with Crippen LogP contribution in [0.4, 0.5) is 0 Å². The van der Waals surface area contributed by atoms with Crippen LogP contribution in [0, 0.1) is 5.92 Å². The van der Waals surface area contributed by atoms with Crippen molar-refractivity contribution in [3.05, 3.63) is 0 Å². The molecule has 94 valence electrons. The zero-order valence-electron chi connectivity index (χ0n) is 10.6. The van der Waals surface area contributed by atoms with Gasteiger partial charge in [0.15, 0.2) is 0 Å². The Morgan fingerprint density at radius 2 is 1.81 bits per heavy atom. The van der Waals surface area contributed by atoms with Crippen molar-refractivity contribution in [2.45, 2.75) is 38.6 Å². The van der Waals surface area contributed by atoms with Crippen molar-refractivity contribution < 1.29 is 4.74 Å². The second kappa shape index (κ2) is 6.58. The number of nitrogens with one attached hydrogen (secondary N) is 1. The Hall–Kier alpha value is -0.120. The molecule has 0 saturated carbocycles. The molecule has 0 atom stereocenters. The molecule has 0 aromatic carbocycles. The van der Waals surface area contributed by atoms with Crippen molar-refractivity contribution >= 4 is 0 Å². The third-order valence-electron chi connectivity index (χ3n) is 4.07. The molecule has 16 heavy (non-hydrogen) atoms. The quantitative estimate of drug-likeness (QED) is 0.786. The number of likely N-dealkylation sites (tertiary alicyclic amines) is 1. The fraction of sp³-hybridized carbons (Fsp3) is 1.00. The third kappa shape index (κ3) is 3.72. The maximum Gasteiger partial charge on any atom is 0.0469 e. The Labute approximate surface area is 99.5 Å². The predicted octanol–water partition coefficient (Wildman–Crippen LogP) is 1.49. The molecule has 2 heterocycles. The van der Waals surface area contributed by atoms with E-state index in [9.17, 15) is 0 Å². The monoisotopic (exact) mass is 226 g/mol. The van der Waals surface area contributed by atoms with Crippen molar-refractivity contribution in [2.75, 3.05) is 39.4 Å². The second-order valence-corrected chi connectivity index (χ2v) is 5.17. The summed E-state index contributed by atoms with van der Waals surface area (Å²) in [5.41, 5.74) is 0. The smallest absolute Gasteiger partial charge is 0.0469 e. The van der Waals surface area contributed by atoms with Gasteiger partial charge in [-0.2, -0.15) is 0 Å². The molecule has 2 fully saturated rings. The minimum absolute atomic E-state index is 0.769. The molecule has 0 aromatic rings. The maximum absolute atomic E-state index is 5.39. The fourth-order valence-electron chi connectivity index (χ4n) is 2.74. The van der Waals surface area contributed by atoms with Gasteiger partial charge in [-0.05, 0) is 57.8 Å². The van der Waals surface area contributed by atoms with Crippen LogP contribution in [0.15, 0.2) is 0 Å².